The van der Waals surface area contributed by atoms with Gasteiger partial charge in [0, 0.05) is 13.8 Å². The minimum Gasteiger partial charge on any atom is -0.463 e. The number of carbonyl (C=O) groups excluding carboxylic acids is 7. The van der Waals surface area contributed by atoms with E-state index >= 15 is 0 Å². The number of aliphatic hydroxyl groups excluding tert-OH is 1. The summed E-state index contributed by atoms with van der Waals surface area (Å²) in [6.45, 7) is 0.760. The zero-order valence-electron chi connectivity index (χ0n) is 37.0. The molecular weight excluding hydrogens is 901 g/mol. The largest absolute Gasteiger partial charge is 0.463 e. The molecule has 2 saturated heterocycles. The van der Waals surface area contributed by atoms with Crippen LogP contribution in [-0.4, -0.2) is 122 Å². The van der Waals surface area contributed by atoms with Crippen LogP contribution in [0.3, 0.4) is 0 Å². The monoisotopic (exact) mass is 946 g/mol. The van der Waals surface area contributed by atoms with Gasteiger partial charge in [-0.1, -0.05) is 91.0 Å². The molecule has 2 heterocycles. The Labute approximate surface area is 394 Å². The lowest BCUT2D eigenvalue weighted by atomic mass is 9.96. The maximum atomic E-state index is 14.0. The van der Waals surface area contributed by atoms with Crippen molar-refractivity contribution in [1.29, 1.82) is 0 Å². The van der Waals surface area contributed by atoms with Crippen molar-refractivity contribution in [2.24, 2.45) is 0 Å². The number of benzene rings is 5. The molecule has 1 N–H and O–H groups in total. The number of rotatable bonds is 16. The smallest absolute Gasteiger partial charge is 0.338 e. The summed E-state index contributed by atoms with van der Waals surface area (Å²) in [5, 5.41) is 11.4. The molecule has 0 aromatic heterocycles. The van der Waals surface area contributed by atoms with Crippen molar-refractivity contribution in [2.45, 2.75) is 75.3 Å². The fourth-order valence-electron chi connectivity index (χ4n) is 7.39. The summed E-state index contributed by atoms with van der Waals surface area (Å²) in [4.78, 5) is 94.0. The SMILES string of the molecule is CC(=O)OC[C@H]1O[C@@H](OC[C@H]2O[C@@H](O)[C@H](OC(C)=O)[C@@H](OC(=O)c3ccccc3)[C@H]2OC(=O)c2ccccc2)[C@H](OC(=O)c2ccccc2)[C@@H](OC(=O)c2ccccc2)[C@H]1OC(=O)c1ccccc1. The van der Waals surface area contributed by atoms with Gasteiger partial charge in [-0.25, -0.2) is 24.0 Å². The topological polar surface area (TPSA) is 232 Å². The molecule has 0 radical (unpaired) electrons. The molecule has 0 unspecified atom stereocenters. The second-order valence-corrected chi connectivity index (χ2v) is 15.5. The van der Waals surface area contributed by atoms with E-state index in [1.807, 2.05) is 0 Å². The van der Waals surface area contributed by atoms with Crippen LogP contribution in [0.4, 0.5) is 0 Å². The van der Waals surface area contributed by atoms with Crippen LogP contribution in [0.15, 0.2) is 152 Å². The van der Waals surface area contributed by atoms with Crippen LogP contribution in [0, 0.1) is 0 Å². The van der Waals surface area contributed by atoms with E-state index in [2.05, 4.69) is 0 Å². The van der Waals surface area contributed by atoms with Crippen molar-refractivity contribution in [2.75, 3.05) is 13.2 Å². The zero-order valence-corrected chi connectivity index (χ0v) is 37.0. The molecule has 2 aliphatic rings. The summed E-state index contributed by atoms with van der Waals surface area (Å²) in [7, 11) is 0. The van der Waals surface area contributed by atoms with Crippen molar-refractivity contribution in [1.82, 2.24) is 0 Å². The Hall–Kier alpha value is -7.77. The number of carbonyl (C=O) groups is 7. The highest BCUT2D eigenvalue weighted by molar-refractivity contribution is 5.92. The van der Waals surface area contributed by atoms with Crippen LogP contribution in [0.1, 0.15) is 65.6 Å². The lowest BCUT2D eigenvalue weighted by molar-refractivity contribution is -0.324. The molecule has 0 bridgehead atoms. The second kappa shape index (κ2) is 23.3. The standard InChI is InChI=1S/C51H46O18/c1-30(52)60-28-38-40(66-46(55)33-20-10-4-11-21-33)42(68-48(57)35-24-14-6-15-25-35)44(69-49(58)36-26-16-7-17-27-36)51(64-38)61-29-37-39(65-45(54)32-18-8-3-9-19-32)41(43(50(59)63-37)62-31(2)53)67-47(56)34-22-12-5-13-23-34/h3-27,37-44,50-51,59H,28-29H2,1-2H3/t37-,38-,39+,40+,41+,42+,43-,44-,50-,51-/m1/s1. The molecule has 2 aliphatic heterocycles. The Morgan fingerprint density at radius 1 is 0.391 bits per heavy atom. The van der Waals surface area contributed by atoms with Gasteiger partial charge in [0.15, 0.2) is 49.2 Å². The zero-order chi connectivity index (χ0) is 48.9. The maximum Gasteiger partial charge on any atom is 0.338 e. The summed E-state index contributed by atoms with van der Waals surface area (Å²) < 4.78 is 59.3. The van der Waals surface area contributed by atoms with E-state index in [1.54, 1.807) is 91.0 Å². The van der Waals surface area contributed by atoms with Crippen LogP contribution in [0.2, 0.25) is 0 Å². The van der Waals surface area contributed by atoms with Crippen LogP contribution in [0.5, 0.6) is 0 Å². The van der Waals surface area contributed by atoms with Gasteiger partial charge >= 0.3 is 41.8 Å². The van der Waals surface area contributed by atoms with Gasteiger partial charge in [-0.3, -0.25) is 9.59 Å². The number of ether oxygens (including phenoxy) is 10. The molecule has 0 spiro atoms. The fourth-order valence-corrected chi connectivity index (χ4v) is 7.39. The van der Waals surface area contributed by atoms with E-state index in [1.165, 1.54) is 60.7 Å². The molecule has 7 rings (SSSR count). The summed E-state index contributed by atoms with van der Waals surface area (Å²) in [6.07, 6.45) is -17.5. The van der Waals surface area contributed by atoms with Crippen LogP contribution < -0.4 is 0 Å². The minimum absolute atomic E-state index is 0.0375. The normalized spacial score (nSPS) is 24.0. The Morgan fingerprint density at radius 2 is 0.710 bits per heavy atom. The van der Waals surface area contributed by atoms with Crippen molar-refractivity contribution in [3.63, 3.8) is 0 Å². The Balaban J connectivity index is 1.29. The lowest BCUT2D eigenvalue weighted by Gasteiger charge is -2.46. The van der Waals surface area contributed by atoms with E-state index in [-0.39, 0.29) is 27.8 Å². The van der Waals surface area contributed by atoms with Crippen molar-refractivity contribution < 1.29 is 86.0 Å². The fraction of sp³-hybridized carbons (Fsp3) is 0.275. The first-order valence-corrected chi connectivity index (χ1v) is 21.6. The average molecular weight is 947 g/mol. The first-order valence-electron chi connectivity index (χ1n) is 21.6. The van der Waals surface area contributed by atoms with Gasteiger partial charge in [0.1, 0.15) is 18.8 Å². The van der Waals surface area contributed by atoms with E-state index in [4.69, 9.17) is 47.4 Å². The van der Waals surface area contributed by atoms with Gasteiger partial charge < -0.3 is 52.5 Å². The average Bonchev–Trinajstić information content (AvgIpc) is 3.37. The molecule has 69 heavy (non-hydrogen) atoms. The molecule has 0 saturated carbocycles. The summed E-state index contributed by atoms with van der Waals surface area (Å²) in [5.41, 5.74) is 0.265. The predicted octanol–water partition coefficient (Wildman–Crippen LogP) is 5.07. The number of hydrogen-bond acceptors (Lipinski definition) is 18. The number of aliphatic hydroxyl groups is 1. The summed E-state index contributed by atoms with van der Waals surface area (Å²) >= 11 is 0. The first kappa shape index (κ1) is 49.1. The van der Waals surface area contributed by atoms with Gasteiger partial charge in [-0.05, 0) is 60.7 Å². The van der Waals surface area contributed by atoms with Crippen molar-refractivity contribution in [3.05, 3.63) is 179 Å². The second-order valence-electron chi connectivity index (χ2n) is 15.5. The molecule has 0 aliphatic carbocycles. The van der Waals surface area contributed by atoms with Gasteiger partial charge in [-0.15, -0.1) is 0 Å². The van der Waals surface area contributed by atoms with Gasteiger partial charge in [0.2, 0.25) is 0 Å². The highest BCUT2D eigenvalue weighted by atomic mass is 16.7. The van der Waals surface area contributed by atoms with Crippen LogP contribution >= 0.6 is 0 Å². The Morgan fingerprint density at radius 3 is 1.06 bits per heavy atom. The van der Waals surface area contributed by atoms with Crippen LogP contribution in [-0.2, 0) is 57.0 Å². The molecule has 2 fully saturated rings. The van der Waals surface area contributed by atoms with Gasteiger partial charge in [0.25, 0.3) is 0 Å². The first-order chi connectivity index (χ1) is 33.4. The highest BCUT2D eigenvalue weighted by Gasteiger charge is 2.56. The third-order valence-corrected chi connectivity index (χ3v) is 10.6. The van der Waals surface area contributed by atoms with E-state index in [0.29, 0.717) is 0 Å². The maximum absolute atomic E-state index is 14.0. The molecule has 358 valence electrons. The molecule has 5 aromatic rings. The lowest BCUT2D eigenvalue weighted by Crippen LogP contribution is -2.65. The predicted molar refractivity (Wildman–Crippen MR) is 236 cm³/mol. The third kappa shape index (κ3) is 12.8. The molecule has 18 nitrogen and oxygen atoms in total. The van der Waals surface area contributed by atoms with E-state index in [0.717, 1.165) is 13.8 Å². The quantitative estimate of drug-likeness (QED) is 0.101. The summed E-state index contributed by atoms with van der Waals surface area (Å²) in [5.74, 6) is -6.44. The van der Waals surface area contributed by atoms with Gasteiger partial charge in [-0.2, -0.15) is 0 Å². The highest BCUT2D eigenvalue weighted by Crippen LogP contribution is 2.34. The molecule has 0 amide bonds. The minimum atomic E-state index is -2.04. The van der Waals surface area contributed by atoms with E-state index in [9.17, 15) is 38.7 Å². The Kier molecular flexibility index (Phi) is 16.6. The molecular formula is C51H46O18. The Bertz CT molecular complexity index is 2540. The summed E-state index contributed by atoms with van der Waals surface area (Å²) in [6, 6.07) is 38.6. The molecule has 10 atom stereocenters. The number of hydrogen-bond donors (Lipinski definition) is 1. The van der Waals surface area contributed by atoms with Crippen molar-refractivity contribution in [3.8, 4) is 0 Å². The van der Waals surface area contributed by atoms with E-state index < -0.39 is 116 Å². The number of esters is 7. The molecule has 18 heteroatoms. The molecule has 5 aromatic carbocycles. The van der Waals surface area contributed by atoms with Crippen molar-refractivity contribution >= 4 is 41.8 Å². The van der Waals surface area contributed by atoms with Crippen LogP contribution in [0.25, 0.3) is 0 Å². The third-order valence-electron chi connectivity index (χ3n) is 10.6. The van der Waals surface area contributed by atoms with Gasteiger partial charge in [0.05, 0.1) is 34.4 Å².